The van der Waals surface area contributed by atoms with Crippen molar-refractivity contribution in [3.05, 3.63) is 75.9 Å². The molecule has 2 aromatic heterocycles. The Morgan fingerprint density at radius 3 is 2.71 bits per heavy atom. The van der Waals surface area contributed by atoms with Crippen LogP contribution in [-0.2, 0) is 13.1 Å². The first-order valence-corrected chi connectivity index (χ1v) is 9.62. The highest BCUT2D eigenvalue weighted by Crippen LogP contribution is 2.22. The number of thiazole rings is 1. The van der Waals surface area contributed by atoms with E-state index in [4.69, 9.17) is 4.98 Å². The van der Waals surface area contributed by atoms with Crippen molar-refractivity contribution < 1.29 is 0 Å². The number of nitrogens with zero attached hydrogens (tertiary/aromatic N) is 2. The van der Waals surface area contributed by atoms with Gasteiger partial charge >= 0.3 is 0 Å². The van der Waals surface area contributed by atoms with E-state index in [1.54, 1.807) is 22.7 Å². The Morgan fingerprint density at radius 2 is 2.00 bits per heavy atom. The van der Waals surface area contributed by atoms with Crippen LogP contribution in [0.3, 0.4) is 0 Å². The number of nitrogens with one attached hydrogen (secondary N) is 1. The van der Waals surface area contributed by atoms with Crippen LogP contribution >= 0.6 is 22.7 Å². The lowest BCUT2D eigenvalue weighted by Crippen LogP contribution is -2.22. The van der Waals surface area contributed by atoms with E-state index in [1.165, 1.54) is 10.4 Å². The predicted octanol–water partition coefficient (Wildman–Crippen LogP) is 5.44. The minimum Gasteiger partial charge on any atom is -0.332 e. The van der Waals surface area contributed by atoms with Gasteiger partial charge in [-0.05, 0) is 30.5 Å². The Morgan fingerprint density at radius 1 is 1.17 bits per heavy atom. The van der Waals surface area contributed by atoms with E-state index in [-0.39, 0.29) is 0 Å². The molecule has 0 unspecified atom stereocenters. The smallest absolute Gasteiger partial charge is 0.187 e. The minimum absolute atomic E-state index is 0.829. The van der Waals surface area contributed by atoms with Crippen molar-refractivity contribution in [2.45, 2.75) is 20.0 Å². The van der Waals surface area contributed by atoms with Crippen molar-refractivity contribution in [3.8, 4) is 0 Å². The SMILES string of the molecule is C=CCN(Cc1csc(Nc2ccc(C)cc2)n1)Cc1cccs1. The molecule has 1 N–H and O–H groups in total. The van der Waals surface area contributed by atoms with Gasteiger partial charge in [0.25, 0.3) is 0 Å². The molecular formula is C19H21N3S2. The normalized spacial score (nSPS) is 10.9. The number of hydrogen-bond donors (Lipinski definition) is 1. The summed E-state index contributed by atoms with van der Waals surface area (Å²) in [6.07, 6.45) is 1.95. The van der Waals surface area contributed by atoms with Crippen LogP contribution in [0.5, 0.6) is 0 Å². The fourth-order valence-electron chi connectivity index (χ4n) is 2.42. The summed E-state index contributed by atoms with van der Waals surface area (Å²) in [7, 11) is 0. The summed E-state index contributed by atoms with van der Waals surface area (Å²) < 4.78 is 0. The third kappa shape index (κ3) is 4.77. The van der Waals surface area contributed by atoms with E-state index in [2.05, 4.69) is 70.9 Å². The molecule has 0 atom stereocenters. The van der Waals surface area contributed by atoms with Crippen LogP contribution < -0.4 is 5.32 Å². The van der Waals surface area contributed by atoms with Crippen LogP contribution in [0.4, 0.5) is 10.8 Å². The molecule has 24 heavy (non-hydrogen) atoms. The van der Waals surface area contributed by atoms with Crippen molar-refractivity contribution in [3.63, 3.8) is 0 Å². The van der Waals surface area contributed by atoms with Gasteiger partial charge in [-0.15, -0.1) is 29.3 Å². The van der Waals surface area contributed by atoms with Crippen molar-refractivity contribution in [2.75, 3.05) is 11.9 Å². The van der Waals surface area contributed by atoms with Gasteiger partial charge in [-0.25, -0.2) is 4.98 Å². The van der Waals surface area contributed by atoms with Crippen molar-refractivity contribution in [1.82, 2.24) is 9.88 Å². The molecule has 0 aliphatic heterocycles. The zero-order chi connectivity index (χ0) is 16.8. The molecule has 0 amide bonds. The zero-order valence-corrected chi connectivity index (χ0v) is 15.4. The van der Waals surface area contributed by atoms with Crippen LogP contribution in [-0.4, -0.2) is 16.4 Å². The summed E-state index contributed by atoms with van der Waals surface area (Å²) in [5.74, 6) is 0. The quantitative estimate of drug-likeness (QED) is 0.545. The average Bonchev–Trinajstić information content (AvgIpc) is 3.22. The largest absolute Gasteiger partial charge is 0.332 e. The molecule has 3 aromatic rings. The summed E-state index contributed by atoms with van der Waals surface area (Å²) in [5, 5.41) is 8.55. The van der Waals surface area contributed by atoms with Crippen LogP contribution in [0.2, 0.25) is 0 Å². The molecule has 5 heteroatoms. The second-order valence-corrected chi connectivity index (χ2v) is 7.56. The van der Waals surface area contributed by atoms with Crippen LogP contribution in [0.15, 0.2) is 59.8 Å². The molecular weight excluding hydrogens is 334 g/mol. The first kappa shape index (κ1) is 16.9. The highest BCUT2D eigenvalue weighted by atomic mass is 32.1. The fraction of sp³-hybridized carbons (Fsp3) is 0.211. The fourth-order valence-corrected chi connectivity index (χ4v) is 3.88. The van der Waals surface area contributed by atoms with Gasteiger partial charge in [0.05, 0.1) is 5.69 Å². The van der Waals surface area contributed by atoms with Crippen molar-refractivity contribution in [1.29, 1.82) is 0 Å². The van der Waals surface area contributed by atoms with Crippen molar-refractivity contribution in [2.24, 2.45) is 0 Å². The summed E-state index contributed by atoms with van der Waals surface area (Å²) in [6.45, 7) is 8.58. The zero-order valence-electron chi connectivity index (χ0n) is 13.7. The van der Waals surface area contributed by atoms with Gasteiger partial charge in [0.1, 0.15) is 0 Å². The van der Waals surface area contributed by atoms with Gasteiger partial charge in [0.2, 0.25) is 0 Å². The highest BCUT2D eigenvalue weighted by Gasteiger charge is 2.09. The molecule has 1 aromatic carbocycles. The minimum atomic E-state index is 0.829. The molecule has 124 valence electrons. The number of rotatable bonds is 8. The maximum absolute atomic E-state index is 4.71. The molecule has 0 radical (unpaired) electrons. The van der Waals surface area contributed by atoms with Crippen LogP contribution in [0.25, 0.3) is 0 Å². The summed E-state index contributed by atoms with van der Waals surface area (Å²) in [4.78, 5) is 8.43. The second-order valence-electron chi connectivity index (χ2n) is 5.67. The molecule has 3 nitrogen and oxygen atoms in total. The summed E-state index contributed by atoms with van der Waals surface area (Å²) in [5.41, 5.74) is 3.42. The number of benzene rings is 1. The Balaban J connectivity index is 1.62. The van der Waals surface area contributed by atoms with E-state index in [0.29, 0.717) is 0 Å². The molecule has 0 saturated heterocycles. The number of aromatic nitrogens is 1. The number of hydrogen-bond acceptors (Lipinski definition) is 5. The lowest BCUT2D eigenvalue weighted by atomic mass is 10.2. The predicted molar refractivity (Wildman–Crippen MR) is 105 cm³/mol. The Kier molecular flexibility index (Phi) is 5.80. The average molecular weight is 356 g/mol. The van der Waals surface area contributed by atoms with Gasteiger partial charge in [-0.2, -0.15) is 0 Å². The van der Waals surface area contributed by atoms with E-state index in [9.17, 15) is 0 Å². The lowest BCUT2D eigenvalue weighted by Gasteiger charge is -2.18. The molecule has 0 bridgehead atoms. The van der Waals surface area contributed by atoms with Crippen LogP contribution in [0.1, 0.15) is 16.1 Å². The molecule has 3 rings (SSSR count). The molecule has 0 fully saturated rings. The van der Waals surface area contributed by atoms with Gasteiger partial charge < -0.3 is 5.32 Å². The topological polar surface area (TPSA) is 28.2 Å². The van der Waals surface area contributed by atoms with E-state index in [1.807, 2.05) is 6.08 Å². The Hall–Kier alpha value is -1.95. The monoisotopic (exact) mass is 355 g/mol. The number of anilines is 2. The standard InChI is InChI=1S/C19H21N3S2/c1-3-10-22(13-18-5-4-11-23-18)12-17-14-24-19(21-17)20-16-8-6-15(2)7-9-16/h3-9,11,14H,1,10,12-13H2,2H3,(H,20,21). The number of aryl methyl sites for hydroxylation is 1. The van der Waals surface area contributed by atoms with Crippen LogP contribution in [0, 0.1) is 6.92 Å². The van der Waals surface area contributed by atoms with Gasteiger partial charge in [0, 0.05) is 35.6 Å². The Bertz CT molecular complexity index is 760. The maximum atomic E-state index is 4.71. The molecule has 0 saturated carbocycles. The first-order valence-electron chi connectivity index (χ1n) is 7.86. The third-order valence-electron chi connectivity index (χ3n) is 3.59. The van der Waals surface area contributed by atoms with Gasteiger partial charge in [0.15, 0.2) is 5.13 Å². The van der Waals surface area contributed by atoms with Gasteiger partial charge in [-0.3, -0.25) is 4.90 Å². The second kappa shape index (κ2) is 8.24. The molecule has 0 aliphatic rings. The molecule has 0 spiro atoms. The van der Waals surface area contributed by atoms with E-state index in [0.717, 1.165) is 36.1 Å². The highest BCUT2D eigenvalue weighted by molar-refractivity contribution is 7.13. The van der Waals surface area contributed by atoms with Gasteiger partial charge in [-0.1, -0.05) is 29.8 Å². The molecule has 2 heterocycles. The summed E-state index contributed by atoms with van der Waals surface area (Å²) >= 11 is 3.43. The maximum Gasteiger partial charge on any atom is 0.187 e. The summed E-state index contributed by atoms with van der Waals surface area (Å²) in [6, 6.07) is 12.6. The van der Waals surface area contributed by atoms with Crippen molar-refractivity contribution >= 4 is 33.5 Å². The first-order chi connectivity index (χ1) is 11.7. The van der Waals surface area contributed by atoms with E-state index >= 15 is 0 Å². The Labute approximate surface area is 151 Å². The lowest BCUT2D eigenvalue weighted by molar-refractivity contribution is 0.286. The van der Waals surface area contributed by atoms with E-state index < -0.39 is 0 Å². The third-order valence-corrected chi connectivity index (χ3v) is 5.25. The molecule has 0 aliphatic carbocycles. The number of thiophene rings is 1.